The van der Waals surface area contributed by atoms with E-state index >= 15 is 0 Å². The lowest BCUT2D eigenvalue weighted by atomic mass is 10.4. The van der Waals surface area contributed by atoms with Gasteiger partial charge in [-0.05, 0) is 25.0 Å². The summed E-state index contributed by atoms with van der Waals surface area (Å²) in [5.41, 5.74) is 0.716. The fraction of sp³-hybridized carbons (Fsp3) is 0.333. The van der Waals surface area contributed by atoms with Crippen LogP contribution in [0.1, 0.15) is 17.7 Å². The van der Waals surface area contributed by atoms with E-state index in [-0.39, 0.29) is 5.56 Å². The molecule has 0 bridgehead atoms. The number of anilines is 1. The van der Waals surface area contributed by atoms with Crippen molar-refractivity contribution in [1.82, 2.24) is 9.78 Å². The maximum atomic E-state index is 11.9. The molecule has 2 aromatic heterocycles. The second kappa shape index (κ2) is 4.74. The number of halogens is 1. The summed E-state index contributed by atoms with van der Waals surface area (Å²) in [5.74, 6) is 0. The summed E-state index contributed by atoms with van der Waals surface area (Å²) in [4.78, 5) is 12.9. The number of nitrogens with one attached hydrogen (secondary N) is 1. The van der Waals surface area contributed by atoms with Crippen LogP contribution in [0.3, 0.4) is 0 Å². The molecule has 0 saturated heterocycles. The highest BCUT2D eigenvalue weighted by molar-refractivity contribution is 7.16. The van der Waals surface area contributed by atoms with Crippen molar-refractivity contribution in [2.24, 2.45) is 0 Å². The molecule has 0 radical (unpaired) electrons. The zero-order valence-corrected chi connectivity index (χ0v) is 11.2. The van der Waals surface area contributed by atoms with Crippen molar-refractivity contribution in [2.75, 3.05) is 5.32 Å². The van der Waals surface area contributed by atoms with Gasteiger partial charge in [0.1, 0.15) is 0 Å². The van der Waals surface area contributed by atoms with Gasteiger partial charge in [-0.25, -0.2) is 4.68 Å². The van der Waals surface area contributed by atoms with Crippen molar-refractivity contribution in [3.05, 3.63) is 44.0 Å². The van der Waals surface area contributed by atoms with Gasteiger partial charge in [-0.3, -0.25) is 4.79 Å². The molecule has 3 rings (SSSR count). The predicted octanol–water partition coefficient (Wildman–Crippen LogP) is 2.58. The minimum absolute atomic E-state index is 0.0924. The summed E-state index contributed by atoms with van der Waals surface area (Å²) in [6.07, 6.45) is 4.06. The first-order chi connectivity index (χ1) is 8.70. The Morgan fingerprint density at radius 1 is 1.50 bits per heavy atom. The third-order valence-electron chi connectivity index (χ3n) is 2.75. The van der Waals surface area contributed by atoms with E-state index in [1.54, 1.807) is 12.3 Å². The summed E-state index contributed by atoms with van der Waals surface area (Å²) in [6, 6.07) is 5.87. The van der Waals surface area contributed by atoms with Crippen LogP contribution in [0.25, 0.3) is 0 Å². The maximum absolute atomic E-state index is 11.9. The van der Waals surface area contributed by atoms with Crippen molar-refractivity contribution in [3.8, 4) is 0 Å². The molecule has 0 aromatic carbocycles. The molecule has 1 saturated carbocycles. The van der Waals surface area contributed by atoms with Crippen LogP contribution in [0, 0.1) is 0 Å². The minimum Gasteiger partial charge on any atom is -0.381 e. The van der Waals surface area contributed by atoms with Gasteiger partial charge in [-0.15, -0.1) is 11.3 Å². The van der Waals surface area contributed by atoms with E-state index in [9.17, 15) is 4.79 Å². The lowest BCUT2D eigenvalue weighted by Gasteiger charge is -2.06. The van der Waals surface area contributed by atoms with Crippen molar-refractivity contribution < 1.29 is 0 Å². The highest BCUT2D eigenvalue weighted by Gasteiger charge is 2.21. The summed E-state index contributed by atoms with van der Waals surface area (Å²) >= 11 is 7.32. The number of rotatable bonds is 4. The fourth-order valence-electron chi connectivity index (χ4n) is 1.68. The van der Waals surface area contributed by atoms with Crippen LogP contribution in [-0.4, -0.2) is 15.8 Å². The molecule has 0 amide bonds. The Hall–Kier alpha value is -1.33. The molecule has 2 aromatic rings. The normalized spacial score (nSPS) is 14.7. The van der Waals surface area contributed by atoms with Crippen molar-refractivity contribution >= 4 is 28.6 Å². The molecule has 94 valence electrons. The Morgan fingerprint density at radius 2 is 2.33 bits per heavy atom. The molecule has 0 unspecified atom stereocenters. The monoisotopic (exact) mass is 281 g/mol. The number of hydrogen-bond donors (Lipinski definition) is 1. The van der Waals surface area contributed by atoms with Crippen LogP contribution in [-0.2, 0) is 6.54 Å². The maximum Gasteiger partial charge on any atom is 0.269 e. The first-order valence-corrected chi connectivity index (χ1v) is 6.98. The van der Waals surface area contributed by atoms with Gasteiger partial charge in [-0.1, -0.05) is 11.6 Å². The van der Waals surface area contributed by atoms with Crippen LogP contribution in [0.2, 0.25) is 4.34 Å². The van der Waals surface area contributed by atoms with Gasteiger partial charge in [0.05, 0.1) is 22.8 Å². The SMILES string of the molecule is O=c1cc(NC2CC2)cnn1Cc1ccc(Cl)s1. The second-order valence-electron chi connectivity index (χ2n) is 4.36. The van der Waals surface area contributed by atoms with Crippen molar-refractivity contribution in [1.29, 1.82) is 0 Å². The van der Waals surface area contributed by atoms with E-state index in [0.717, 1.165) is 14.9 Å². The molecule has 1 N–H and O–H groups in total. The average Bonchev–Trinajstić information content (AvgIpc) is 3.05. The smallest absolute Gasteiger partial charge is 0.269 e. The van der Waals surface area contributed by atoms with Gasteiger partial charge in [0.25, 0.3) is 5.56 Å². The van der Waals surface area contributed by atoms with Crippen LogP contribution >= 0.6 is 22.9 Å². The van der Waals surface area contributed by atoms with E-state index in [2.05, 4.69) is 10.4 Å². The van der Waals surface area contributed by atoms with Gasteiger partial charge in [0.2, 0.25) is 0 Å². The Balaban J connectivity index is 1.77. The topological polar surface area (TPSA) is 46.9 Å². The Bertz CT molecular complexity index is 618. The molecule has 1 fully saturated rings. The number of thiophene rings is 1. The van der Waals surface area contributed by atoms with Gasteiger partial charge < -0.3 is 5.32 Å². The lowest BCUT2D eigenvalue weighted by Crippen LogP contribution is -2.23. The average molecular weight is 282 g/mol. The number of aromatic nitrogens is 2. The zero-order chi connectivity index (χ0) is 12.5. The van der Waals surface area contributed by atoms with E-state index in [1.165, 1.54) is 28.9 Å². The summed E-state index contributed by atoms with van der Waals surface area (Å²) < 4.78 is 2.17. The standard InChI is InChI=1S/C12H12ClN3OS/c13-11-4-3-10(18-11)7-16-12(17)5-9(6-14-16)15-8-1-2-8/h3-6,8,15H,1-2,7H2. The van der Waals surface area contributed by atoms with Crippen LogP contribution in [0.5, 0.6) is 0 Å². The van der Waals surface area contributed by atoms with Crippen molar-refractivity contribution in [2.45, 2.75) is 25.4 Å². The Morgan fingerprint density at radius 3 is 2.94 bits per heavy atom. The van der Waals surface area contributed by atoms with Gasteiger partial charge in [0, 0.05) is 17.0 Å². The third-order valence-corrected chi connectivity index (χ3v) is 3.97. The van der Waals surface area contributed by atoms with E-state index in [1.807, 2.05) is 12.1 Å². The zero-order valence-electron chi connectivity index (χ0n) is 9.60. The van der Waals surface area contributed by atoms with Crippen molar-refractivity contribution in [3.63, 3.8) is 0 Å². The molecule has 18 heavy (non-hydrogen) atoms. The first-order valence-electron chi connectivity index (χ1n) is 5.78. The minimum atomic E-state index is -0.0924. The summed E-state index contributed by atoms with van der Waals surface area (Å²) in [5, 5.41) is 7.43. The molecule has 0 aliphatic heterocycles. The molecule has 1 aliphatic carbocycles. The molecule has 2 heterocycles. The van der Waals surface area contributed by atoms with E-state index in [4.69, 9.17) is 11.6 Å². The van der Waals surface area contributed by atoms with Gasteiger partial charge >= 0.3 is 0 Å². The van der Waals surface area contributed by atoms with Gasteiger partial charge in [0.15, 0.2) is 0 Å². The molecular weight excluding hydrogens is 270 g/mol. The van der Waals surface area contributed by atoms with E-state index < -0.39 is 0 Å². The number of hydrogen-bond acceptors (Lipinski definition) is 4. The molecule has 0 spiro atoms. The highest BCUT2D eigenvalue weighted by atomic mass is 35.5. The predicted molar refractivity (Wildman–Crippen MR) is 73.6 cm³/mol. The summed E-state index contributed by atoms with van der Waals surface area (Å²) in [6.45, 7) is 0.472. The molecule has 1 aliphatic rings. The second-order valence-corrected chi connectivity index (χ2v) is 6.16. The largest absolute Gasteiger partial charge is 0.381 e. The fourth-order valence-corrected chi connectivity index (χ4v) is 2.75. The highest BCUT2D eigenvalue weighted by Crippen LogP contribution is 2.24. The Labute approximate surface area is 113 Å². The van der Waals surface area contributed by atoms with E-state index in [0.29, 0.717) is 12.6 Å². The first kappa shape index (κ1) is 11.7. The molecule has 0 atom stereocenters. The Kier molecular flexibility index (Phi) is 3.09. The molecular formula is C12H12ClN3OS. The van der Waals surface area contributed by atoms with Crippen LogP contribution in [0.4, 0.5) is 5.69 Å². The quantitative estimate of drug-likeness (QED) is 0.937. The van der Waals surface area contributed by atoms with Crippen LogP contribution in [0.15, 0.2) is 29.2 Å². The summed E-state index contributed by atoms with van der Waals surface area (Å²) in [7, 11) is 0. The molecule has 6 heteroatoms. The molecule has 4 nitrogen and oxygen atoms in total. The number of nitrogens with zero attached hydrogens (tertiary/aromatic N) is 2. The van der Waals surface area contributed by atoms with Crippen LogP contribution < -0.4 is 10.9 Å². The van der Waals surface area contributed by atoms with Gasteiger partial charge in [-0.2, -0.15) is 5.10 Å². The third kappa shape index (κ3) is 2.73. The lowest BCUT2D eigenvalue weighted by molar-refractivity contribution is 0.646.